The topological polar surface area (TPSA) is 61.3 Å². The summed E-state index contributed by atoms with van der Waals surface area (Å²) >= 11 is 0. The third-order valence-electron chi connectivity index (χ3n) is 3.75. The zero-order valence-corrected chi connectivity index (χ0v) is 14.6. The highest BCUT2D eigenvalue weighted by Crippen LogP contribution is 2.10. The summed E-state index contributed by atoms with van der Waals surface area (Å²) in [6.07, 6.45) is 16.9. The molecule has 0 aromatic rings. The molecule has 0 atom stereocenters. The molecule has 0 aliphatic heterocycles. The van der Waals surface area contributed by atoms with Gasteiger partial charge in [0, 0.05) is 6.42 Å². The van der Waals surface area contributed by atoms with Gasteiger partial charge in [-0.1, -0.05) is 84.5 Å². The van der Waals surface area contributed by atoms with Gasteiger partial charge in [0.25, 0.3) is 0 Å². The van der Waals surface area contributed by atoms with Crippen LogP contribution in [0, 0.1) is 0 Å². The minimum atomic E-state index is 0. The Balaban J connectivity index is 0. The van der Waals surface area contributed by atoms with Crippen molar-refractivity contribution in [2.45, 2.75) is 104 Å². The molecule has 3 nitrogen and oxygen atoms in total. The highest BCUT2D eigenvalue weighted by Gasteiger charge is 2.02. The van der Waals surface area contributed by atoms with Crippen molar-refractivity contribution in [3.8, 4) is 0 Å². The van der Waals surface area contributed by atoms with Crippen molar-refractivity contribution in [1.82, 2.24) is 6.15 Å². The lowest BCUT2D eigenvalue weighted by molar-refractivity contribution is -0.143. The molecule has 0 rings (SSSR count). The molecule has 128 valence electrons. The van der Waals surface area contributed by atoms with Gasteiger partial charge in [-0.15, -0.1) is 0 Å². The Morgan fingerprint density at radius 2 is 1.10 bits per heavy atom. The first kappa shape index (κ1) is 22.7. The second kappa shape index (κ2) is 19.4. The van der Waals surface area contributed by atoms with E-state index in [1.165, 1.54) is 70.6 Å². The fourth-order valence-electron chi connectivity index (χ4n) is 2.37. The summed E-state index contributed by atoms with van der Waals surface area (Å²) in [7, 11) is 0. The van der Waals surface area contributed by atoms with Gasteiger partial charge < -0.3 is 10.9 Å². The molecule has 21 heavy (non-hydrogen) atoms. The van der Waals surface area contributed by atoms with Crippen molar-refractivity contribution in [3.05, 3.63) is 0 Å². The first-order chi connectivity index (χ1) is 9.81. The minimum Gasteiger partial charge on any atom is -0.466 e. The van der Waals surface area contributed by atoms with Crippen LogP contribution >= 0.6 is 0 Å². The van der Waals surface area contributed by atoms with Gasteiger partial charge in [0.15, 0.2) is 0 Å². The van der Waals surface area contributed by atoms with Crippen LogP contribution in [0.1, 0.15) is 104 Å². The molecule has 0 heterocycles. The van der Waals surface area contributed by atoms with Crippen LogP contribution in [0.15, 0.2) is 0 Å². The zero-order valence-electron chi connectivity index (χ0n) is 14.6. The number of hydrogen-bond donors (Lipinski definition) is 1. The molecule has 0 unspecified atom stereocenters. The van der Waals surface area contributed by atoms with Crippen LogP contribution in [0.4, 0.5) is 0 Å². The Kier molecular flexibility index (Phi) is 21.0. The average Bonchev–Trinajstić information content (AvgIpc) is 2.45. The molecule has 3 N–H and O–H groups in total. The normalized spacial score (nSPS) is 10.2. The number of carbonyl (C=O) groups excluding carboxylic acids is 1. The van der Waals surface area contributed by atoms with Crippen LogP contribution in [-0.4, -0.2) is 12.6 Å². The van der Waals surface area contributed by atoms with Gasteiger partial charge in [-0.2, -0.15) is 0 Å². The van der Waals surface area contributed by atoms with Gasteiger partial charge in [-0.05, 0) is 12.8 Å². The summed E-state index contributed by atoms with van der Waals surface area (Å²) in [4.78, 5) is 11.5. The number of esters is 1. The van der Waals surface area contributed by atoms with Crippen molar-refractivity contribution in [2.75, 3.05) is 6.61 Å². The Hall–Kier alpha value is -0.570. The van der Waals surface area contributed by atoms with Crippen molar-refractivity contribution in [1.29, 1.82) is 0 Å². The largest absolute Gasteiger partial charge is 0.466 e. The van der Waals surface area contributed by atoms with Crippen molar-refractivity contribution < 1.29 is 9.53 Å². The molecule has 0 aliphatic carbocycles. The lowest BCUT2D eigenvalue weighted by Crippen LogP contribution is -2.05. The molecule has 0 saturated heterocycles. The maximum atomic E-state index is 11.5. The molecule has 0 spiro atoms. The van der Waals surface area contributed by atoms with Gasteiger partial charge in [-0.3, -0.25) is 4.79 Å². The fourth-order valence-corrected chi connectivity index (χ4v) is 2.37. The lowest BCUT2D eigenvalue weighted by Gasteiger charge is -2.05. The maximum Gasteiger partial charge on any atom is 0.305 e. The summed E-state index contributed by atoms with van der Waals surface area (Å²) in [6, 6.07) is 0. The minimum absolute atomic E-state index is 0. The number of rotatable bonds is 15. The van der Waals surface area contributed by atoms with Crippen LogP contribution in [0.25, 0.3) is 0 Å². The molecular formula is C18H39NO2. The Morgan fingerprint density at radius 1 is 0.667 bits per heavy atom. The quantitative estimate of drug-likeness (QED) is 0.289. The summed E-state index contributed by atoms with van der Waals surface area (Å²) in [5, 5.41) is 0. The van der Waals surface area contributed by atoms with E-state index < -0.39 is 0 Å². The van der Waals surface area contributed by atoms with Gasteiger partial charge >= 0.3 is 5.97 Å². The van der Waals surface area contributed by atoms with Crippen LogP contribution < -0.4 is 6.15 Å². The summed E-state index contributed by atoms with van der Waals surface area (Å²) in [5.74, 6) is 0.00412. The molecule has 0 aliphatic rings. The Labute approximate surface area is 132 Å². The molecule has 0 radical (unpaired) electrons. The van der Waals surface area contributed by atoms with E-state index >= 15 is 0 Å². The predicted octanol–water partition coefficient (Wildman–Crippen LogP) is 6.19. The van der Waals surface area contributed by atoms with E-state index in [4.69, 9.17) is 4.74 Å². The zero-order chi connectivity index (χ0) is 14.9. The predicted molar refractivity (Wildman–Crippen MR) is 92.0 cm³/mol. The third kappa shape index (κ3) is 19.4. The summed E-state index contributed by atoms with van der Waals surface area (Å²) in [6.45, 7) is 5.06. The number of unbranched alkanes of at least 4 members (excludes halogenated alkanes) is 11. The third-order valence-corrected chi connectivity index (χ3v) is 3.75. The van der Waals surface area contributed by atoms with E-state index in [0.29, 0.717) is 13.0 Å². The highest BCUT2D eigenvalue weighted by atomic mass is 16.5. The second-order valence-electron chi connectivity index (χ2n) is 5.86. The monoisotopic (exact) mass is 301 g/mol. The van der Waals surface area contributed by atoms with Gasteiger partial charge in [-0.25, -0.2) is 0 Å². The van der Waals surface area contributed by atoms with Crippen LogP contribution in [0.5, 0.6) is 0 Å². The van der Waals surface area contributed by atoms with Crippen LogP contribution in [-0.2, 0) is 9.53 Å². The Bertz CT molecular complexity index is 207. The van der Waals surface area contributed by atoms with E-state index in [2.05, 4.69) is 13.8 Å². The SMILES string of the molecule is CCCCCCCCCCCC(=O)OCCCCCC.N. The van der Waals surface area contributed by atoms with Crippen molar-refractivity contribution in [2.24, 2.45) is 0 Å². The Morgan fingerprint density at radius 3 is 1.62 bits per heavy atom. The standard InChI is InChI=1S/C18H36O2.H3N/c1-3-5-7-9-10-11-12-13-14-16-18(19)20-17-15-8-6-4-2;/h3-17H2,1-2H3;1H3. The number of ether oxygens (including phenoxy) is 1. The van der Waals surface area contributed by atoms with Gasteiger partial charge in [0.1, 0.15) is 0 Å². The number of hydrogen-bond acceptors (Lipinski definition) is 3. The molecule has 0 fully saturated rings. The molecular weight excluding hydrogens is 262 g/mol. The van der Waals surface area contributed by atoms with E-state index in [1.54, 1.807) is 0 Å². The smallest absolute Gasteiger partial charge is 0.305 e. The van der Waals surface area contributed by atoms with E-state index in [-0.39, 0.29) is 12.1 Å². The van der Waals surface area contributed by atoms with Crippen molar-refractivity contribution in [3.63, 3.8) is 0 Å². The first-order valence-corrected chi connectivity index (χ1v) is 8.96. The molecule has 0 saturated carbocycles. The average molecular weight is 302 g/mol. The molecule has 3 heteroatoms. The van der Waals surface area contributed by atoms with Gasteiger partial charge in [0.2, 0.25) is 0 Å². The molecule has 0 aromatic carbocycles. The van der Waals surface area contributed by atoms with E-state index in [9.17, 15) is 4.79 Å². The highest BCUT2D eigenvalue weighted by molar-refractivity contribution is 5.69. The van der Waals surface area contributed by atoms with Crippen LogP contribution in [0.2, 0.25) is 0 Å². The van der Waals surface area contributed by atoms with E-state index in [0.717, 1.165) is 12.8 Å². The second-order valence-corrected chi connectivity index (χ2v) is 5.86. The fraction of sp³-hybridized carbons (Fsp3) is 0.944. The first-order valence-electron chi connectivity index (χ1n) is 8.96. The number of carbonyl (C=O) groups is 1. The van der Waals surface area contributed by atoms with Crippen LogP contribution in [0.3, 0.4) is 0 Å². The molecule has 0 amide bonds. The van der Waals surface area contributed by atoms with E-state index in [1.807, 2.05) is 0 Å². The summed E-state index contributed by atoms with van der Waals surface area (Å²) in [5.41, 5.74) is 0. The summed E-state index contributed by atoms with van der Waals surface area (Å²) < 4.78 is 5.22. The molecule has 0 bridgehead atoms. The van der Waals surface area contributed by atoms with Gasteiger partial charge in [0.05, 0.1) is 6.61 Å². The molecule has 0 aromatic heterocycles. The maximum absolute atomic E-state index is 11.5. The van der Waals surface area contributed by atoms with Crippen molar-refractivity contribution >= 4 is 5.97 Å². The lowest BCUT2D eigenvalue weighted by atomic mass is 10.1.